The van der Waals surface area contributed by atoms with Crippen molar-refractivity contribution in [3.8, 4) is 5.75 Å². The van der Waals surface area contributed by atoms with Crippen LogP contribution in [-0.2, 0) is 4.79 Å². The molecule has 1 aromatic carbocycles. The minimum Gasteiger partial charge on any atom is -0.497 e. The van der Waals surface area contributed by atoms with E-state index in [-0.39, 0.29) is 17.4 Å². The largest absolute Gasteiger partial charge is 0.497 e. The van der Waals surface area contributed by atoms with Gasteiger partial charge in [-0.1, -0.05) is 0 Å². The molecule has 0 aromatic heterocycles. The van der Waals surface area contributed by atoms with Crippen LogP contribution in [0, 0.1) is 17.8 Å². The van der Waals surface area contributed by atoms with Crippen molar-refractivity contribution >= 4 is 17.6 Å². The molecule has 0 aliphatic heterocycles. The van der Waals surface area contributed by atoms with Crippen LogP contribution in [0.15, 0.2) is 18.2 Å². The topological polar surface area (TPSA) is 75.6 Å². The highest BCUT2D eigenvalue weighted by molar-refractivity contribution is 6.02. The maximum atomic E-state index is 12.1. The molecule has 1 aromatic rings. The second-order valence-corrected chi connectivity index (χ2v) is 5.55. The first-order valence-electron chi connectivity index (χ1n) is 6.82. The predicted octanol–water partition coefficient (Wildman–Crippen LogP) is 2.38. The molecule has 2 N–H and O–H groups in total. The number of aromatic carboxylic acids is 1. The van der Waals surface area contributed by atoms with Gasteiger partial charge in [0.15, 0.2) is 0 Å². The number of ether oxygens (including phenoxy) is 1. The molecule has 2 aliphatic rings. The SMILES string of the molecule is COc1ccc(NC(=O)C2CC2C2CC2)c(C(=O)O)c1. The molecule has 2 aliphatic carbocycles. The Morgan fingerprint density at radius 1 is 1.35 bits per heavy atom. The number of rotatable bonds is 5. The Hall–Kier alpha value is -2.04. The monoisotopic (exact) mass is 275 g/mol. The maximum Gasteiger partial charge on any atom is 0.337 e. The standard InChI is InChI=1S/C15H17NO4/c1-20-9-4-5-13(12(6-9)15(18)19)16-14(17)11-7-10(11)8-2-3-8/h4-6,8,10-11H,2-3,7H2,1H3,(H,16,17)(H,18,19). The second kappa shape index (κ2) is 4.81. The van der Waals surface area contributed by atoms with E-state index < -0.39 is 5.97 Å². The van der Waals surface area contributed by atoms with Gasteiger partial charge in [-0.2, -0.15) is 0 Å². The number of carboxylic acids is 1. The predicted molar refractivity (Wildman–Crippen MR) is 72.9 cm³/mol. The zero-order valence-corrected chi connectivity index (χ0v) is 11.3. The Morgan fingerprint density at radius 3 is 2.70 bits per heavy atom. The van der Waals surface area contributed by atoms with Gasteiger partial charge in [0.2, 0.25) is 5.91 Å². The van der Waals surface area contributed by atoms with Gasteiger partial charge < -0.3 is 15.2 Å². The minimum absolute atomic E-state index is 0.0568. The summed E-state index contributed by atoms with van der Waals surface area (Å²) in [6, 6.07) is 4.64. The van der Waals surface area contributed by atoms with Crippen LogP contribution in [0.3, 0.4) is 0 Å². The number of carbonyl (C=O) groups excluding carboxylic acids is 1. The molecule has 5 nitrogen and oxygen atoms in total. The first-order valence-corrected chi connectivity index (χ1v) is 6.82. The Labute approximate surface area is 116 Å². The second-order valence-electron chi connectivity index (χ2n) is 5.55. The maximum absolute atomic E-state index is 12.1. The lowest BCUT2D eigenvalue weighted by atomic mass is 10.1. The zero-order chi connectivity index (χ0) is 14.3. The lowest BCUT2D eigenvalue weighted by molar-refractivity contribution is -0.117. The number of methoxy groups -OCH3 is 1. The van der Waals surface area contributed by atoms with Crippen molar-refractivity contribution < 1.29 is 19.4 Å². The Kier molecular flexibility index (Phi) is 3.12. The van der Waals surface area contributed by atoms with E-state index in [2.05, 4.69) is 5.32 Å². The summed E-state index contributed by atoms with van der Waals surface area (Å²) in [5.41, 5.74) is 0.395. The van der Waals surface area contributed by atoms with Gasteiger partial charge in [0.1, 0.15) is 5.75 Å². The van der Waals surface area contributed by atoms with Gasteiger partial charge in [-0.15, -0.1) is 0 Å². The molecule has 0 spiro atoms. The van der Waals surface area contributed by atoms with Crippen molar-refractivity contribution in [3.05, 3.63) is 23.8 Å². The summed E-state index contributed by atoms with van der Waals surface area (Å²) in [6.45, 7) is 0. The number of carbonyl (C=O) groups is 2. The van der Waals surface area contributed by atoms with Crippen LogP contribution in [0.1, 0.15) is 29.6 Å². The summed E-state index contributed by atoms with van der Waals surface area (Å²) in [4.78, 5) is 23.3. The Bertz CT molecular complexity index is 565. The average Bonchev–Trinajstić information content (AvgIpc) is 3.28. The van der Waals surface area contributed by atoms with E-state index in [1.165, 1.54) is 26.0 Å². The highest BCUT2D eigenvalue weighted by Crippen LogP contribution is 2.54. The summed E-state index contributed by atoms with van der Waals surface area (Å²) in [7, 11) is 1.48. The van der Waals surface area contributed by atoms with Crippen molar-refractivity contribution in [1.82, 2.24) is 0 Å². The minimum atomic E-state index is -1.08. The Morgan fingerprint density at radius 2 is 2.10 bits per heavy atom. The van der Waals surface area contributed by atoms with Crippen LogP contribution in [0.4, 0.5) is 5.69 Å². The average molecular weight is 275 g/mol. The van der Waals surface area contributed by atoms with Gasteiger partial charge in [-0.25, -0.2) is 4.79 Å². The third-order valence-electron chi connectivity index (χ3n) is 4.12. The van der Waals surface area contributed by atoms with Crippen molar-refractivity contribution in [2.45, 2.75) is 19.3 Å². The highest BCUT2D eigenvalue weighted by atomic mass is 16.5. The van der Waals surface area contributed by atoms with E-state index >= 15 is 0 Å². The van der Waals surface area contributed by atoms with Crippen LogP contribution in [0.5, 0.6) is 5.75 Å². The molecule has 106 valence electrons. The number of anilines is 1. The summed E-state index contributed by atoms with van der Waals surface area (Å²) in [5.74, 6) is 0.624. The molecular weight excluding hydrogens is 258 g/mol. The smallest absolute Gasteiger partial charge is 0.337 e. The molecule has 2 saturated carbocycles. The molecule has 2 unspecified atom stereocenters. The molecule has 3 rings (SSSR count). The van der Waals surface area contributed by atoms with Crippen LogP contribution in [-0.4, -0.2) is 24.1 Å². The highest BCUT2D eigenvalue weighted by Gasteiger charge is 2.51. The van der Waals surface area contributed by atoms with Crippen LogP contribution < -0.4 is 10.1 Å². The zero-order valence-electron chi connectivity index (χ0n) is 11.3. The molecule has 2 atom stereocenters. The van der Waals surface area contributed by atoms with Crippen LogP contribution >= 0.6 is 0 Å². The van der Waals surface area contributed by atoms with Gasteiger partial charge >= 0.3 is 5.97 Å². The number of nitrogens with one attached hydrogen (secondary N) is 1. The molecule has 0 bridgehead atoms. The van der Waals surface area contributed by atoms with E-state index in [4.69, 9.17) is 4.74 Å². The molecule has 5 heteroatoms. The first-order chi connectivity index (χ1) is 9.60. The molecule has 0 saturated heterocycles. The molecule has 0 radical (unpaired) electrons. The van der Waals surface area contributed by atoms with E-state index in [0.717, 1.165) is 12.3 Å². The lowest BCUT2D eigenvalue weighted by Gasteiger charge is -2.10. The first kappa shape index (κ1) is 13.0. The third-order valence-corrected chi connectivity index (χ3v) is 4.12. The summed E-state index contributed by atoms with van der Waals surface area (Å²) in [5, 5.41) is 11.9. The molecular formula is C15H17NO4. The van der Waals surface area contributed by atoms with Crippen LogP contribution in [0.2, 0.25) is 0 Å². The molecule has 0 heterocycles. The summed E-state index contributed by atoms with van der Waals surface area (Å²) in [6.07, 6.45) is 3.41. The number of carboxylic acid groups (broad SMARTS) is 1. The summed E-state index contributed by atoms with van der Waals surface area (Å²) >= 11 is 0. The number of benzene rings is 1. The fourth-order valence-electron chi connectivity index (χ4n) is 2.72. The van der Waals surface area contributed by atoms with Gasteiger partial charge in [-0.3, -0.25) is 4.79 Å². The van der Waals surface area contributed by atoms with E-state index in [1.54, 1.807) is 12.1 Å². The van der Waals surface area contributed by atoms with Gasteiger partial charge in [0.05, 0.1) is 18.4 Å². The van der Waals surface area contributed by atoms with Gasteiger partial charge in [0, 0.05) is 5.92 Å². The van der Waals surface area contributed by atoms with Crippen LogP contribution in [0.25, 0.3) is 0 Å². The molecule has 2 fully saturated rings. The lowest BCUT2D eigenvalue weighted by Crippen LogP contribution is -2.17. The fourth-order valence-corrected chi connectivity index (χ4v) is 2.72. The van der Waals surface area contributed by atoms with Crippen molar-refractivity contribution in [1.29, 1.82) is 0 Å². The van der Waals surface area contributed by atoms with Gasteiger partial charge in [0.25, 0.3) is 0 Å². The summed E-state index contributed by atoms with van der Waals surface area (Å²) < 4.78 is 5.01. The fraction of sp³-hybridized carbons (Fsp3) is 0.467. The van der Waals surface area contributed by atoms with E-state index in [1.807, 2.05) is 0 Å². The van der Waals surface area contributed by atoms with Crippen molar-refractivity contribution in [3.63, 3.8) is 0 Å². The van der Waals surface area contributed by atoms with E-state index in [0.29, 0.717) is 17.4 Å². The normalized spacial score (nSPS) is 24.1. The molecule has 20 heavy (non-hydrogen) atoms. The quantitative estimate of drug-likeness (QED) is 0.865. The Balaban J connectivity index is 1.73. The third kappa shape index (κ3) is 2.48. The molecule has 1 amide bonds. The number of amides is 1. The van der Waals surface area contributed by atoms with Crippen molar-refractivity contribution in [2.24, 2.45) is 17.8 Å². The van der Waals surface area contributed by atoms with Crippen molar-refractivity contribution in [2.75, 3.05) is 12.4 Å². The number of hydrogen-bond donors (Lipinski definition) is 2. The number of hydrogen-bond acceptors (Lipinski definition) is 3. The van der Waals surface area contributed by atoms with E-state index in [9.17, 15) is 14.7 Å². The van der Waals surface area contributed by atoms with Gasteiger partial charge in [-0.05, 0) is 49.3 Å².